The van der Waals surface area contributed by atoms with Gasteiger partial charge in [0.2, 0.25) is 23.6 Å². The van der Waals surface area contributed by atoms with Crippen LogP contribution in [0, 0.1) is 61.2 Å². The quantitative estimate of drug-likeness (QED) is 0.518. The molecule has 6 heteroatoms. The van der Waals surface area contributed by atoms with Crippen molar-refractivity contribution in [1.82, 2.24) is 0 Å². The van der Waals surface area contributed by atoms with Crippen molar-refractivity contribution in [2.75, 3.05) is 9.80 Å². The van der Waals surface area contributed by atoms with E-state index in [9.17, 15) is 19.2 Å². The predicted octanol–water partition coefficient (Wildman–Crippen LogP) is 3.28. The van der Waals surface area contributed by atoms with E-state index in [-0.39, 0.29) is 47.3 Å². The van der Waals surface area contributed by atoms with Crippen LogP contribution < -0.4 is 9.80 Å². The second-order valence-corrected chi connectivity index (χ2v) is 10.4. The third kappa shape index (κ3) is 2.17. The molecule has 170 valence electrons. The van der Waals surface area contributed by atoms with Crippen molar-refractivity contribution < 1.29 is 19.2 Å². The summed E-state index contributed by atoms with van der Waals surface area (Å²) in [4.78, 5) is 57.1. The first-order chi connectivity index (χ1) is 16.4. The third-order valence-electron chi connectivity index (χ3n) is 9.06. The lowest BCUT2D eigenvalue weighted by atomic mass is 9.40. The highest BCUT2D eigenvalue weighted by Gasteiger charge is 2.75. The van der Waals surface area contributed by atoms with Gasteiger partial charge in [-0.05, 0) is 60.8 Å². The molecule has 6 nitrogen and oxygen atoms in total. The van der Waals surface area contributed by atoms with Gasteiger partial charge in [0, 0.05) is 0 Å². The molecule has 8 atom stereocenters. The number of hydrogen-bond acceptors (Lipinski definition) is 4. The molecule has 2 aromatic carbocycles. The first-order valence-corrected chi connectivity index (χ1v) is 12.0. The Morgan fingerprint density at radius 2 is 0.882 bits per heavy atom. The van der Waals surface area contributed by atoms with Crippen LogP contribution in [0.5, 0.6) is 0 Å². The molecule has 4 fully saturated rings. The molecule has 2 bridgehead atoms. The molecule has 34 heavy (non-hydrogen) atoms. The van der Waals surface area contributed by atoms with E-state index in [0.29, 0.717) is 11.4 Å². The number of carbonyl (C=O) groups is 4. The van der Waals surface area contributed by atoms with Gasteiger partial charge in [0.1, 0.15) is 0 Å². The molecule has 2 heterocycles. The molecule has 0 aromatic heterocycles. The van der Waals surface area contributed by atoms with Crippen molar-refractivity contribution in [2.45, 2.75) is 13.8 Å². The minimum Gasteiger partial charge on any atom is -0.274 e. The Morgan fingerprint density at radius 1 is 0.529 bits per heavy atom. The van der Waals surface area contributed by atoms with E-state index in [4.69, 9.17) is 0 Å². The van der Waals surface area contributed by atoms with E-state index in [2.05, 4.69) is 0 Å². The fraction of sp³-hybridized carbons (Fsp3) is 0.357. The lowest BCUT2D eigenvalue weighted by Gasteiger charge is -2.60. The number of aryl methyl sites for hydroxylation is 2. The van der Waals surface area contributed by atoms with Crippen molar-refractivity contribution in [3.63, 3.8) is 0 Å². The normalized spacial score (nSPS) is 37.1. The number of anilines is 2. The first-order valence-electron chi connectivity index (χ1n) is 12.0. The number of imide groups is 2. The van der Waals surface area contributed by atoms with Crippen LogP contribution in [0.25, 0.3) is 0 Å². The molecular weight excluding hydrogens is 428 g/mol. The highest BCUT2D eigenvalue weighted by atomic mass is 16.2. The number of fused-ring (bicyclic) bond motifs is 1. The highest BCUT2D eigenvalue weighted by molar-refractivity contribution is 6.25. The molecule has 0 N–H and O–H groups in total. The van der Waals surface area contributed by atoms with Crippen molar-refractivity contribution in [3.8, 4) is 0 Å². The number of benzene rings is 2. The van der Waals surface area contributed by atoms with Crippen molar-refractivity contribution in [2.24, 2.45) is 47.3 Å². The van der Waals surface area contributed by atoms with E-state index in [1.807, 2.05) is 74.5 Å². The topological polar surface area (TPSA) is 74.8 Å². The van der Waals surface area contributed by atoms with Crippen LogP contribution in [0.1, 0.15) is 11.1 Å². The number of amides is 4. The SMILES string of the molecule is Cc1ccccc1N1C(=O)[C@@H]2[C@H]3C=C[C@@H]([C@@H]2C1=O)[C@H]1[C@H]2C(=O)N(c4ccccc4C)C(=O)[C@@H]2[C@H]31. The largest absolute Gasteiger partial charge is 0.274 e. The maximum absolute atomic E-state index is 13.6. The number of allylic oxidation sites excluding steroid dienone is 2. The highest BCUT2D eigenvalue weighted by Crippen LogP contribution is 2.68. The lowest BCUT2D eigenvalue weighted by molar-refractivity contribution is -0.166. The average Bonchev–Trinajstić information content (AvgIpc) is 3.19. The number of carbonyl (C=O) groups excluding carboxylic acids is 4. The van der Waals surface area contributed by atoms with Gasteiger partial charge in [-0.15, -0.1) is 0 Å². The summed E-state index contributed by atoms with van der Waals surface area (Å²) < 4.78 is 0. The van der Waals surface area contributed by atoms with E-state index < -0.39 is 23.7 Å². The van der Waals surface area contributed by atoms with E-state index >= 15 is 0 Å². The molecule has 0 unspecified atom stereocenters. The summed E-state index contributed by atoms with van der Waals surface area (Å²) >= 11 is 0. The standard InChI is InChI=1S/C28H24N2O4/c1-13-7-3-5-9-17(13)29-25(31)21-15-11-12-16(22(21)26(29)32)20-19(15)23-24(20)28(34)30(27(23)33)18-10-6-4-8-14(18)2/h3-12,15-16,19-24H,1-2H3/t15-,16+,19-,20-,21+,22-,23-,24-/m1/s1. The summed E-state index contributed by atoms with van der Waals surface area (Å²) in [6.07, 6.45) is 4.09. The molecule has 4 amide bonds. The van der Waals surface area contributed by atoms with Crippen LogP contribution in [-0.4, -0.2) is 23.6 Å². The van der Waals surface area contributed by atoms with E-state index in [1.165, 1.54) is 9.80 Å². The predicted molar refractivity (Wildman–Crippen MR) is 124 cm³/mol. The van der Waals surface area contributed by atoms with Crippen molar-refractivity contribution in [1.29, 1.82) is 0 Å². The summed E-state index contributed by atoms with van der Waals surface area (Å²) in [5.74, 6) is -2.92. The Kier molecular flexibility index (Phi) is 3.82. The minimum atomic E-state index is -0.459. The minimum absolute atomic E-state index is 0.0692. The van der Waals surface area contributed by atoms with Gasteiger partial charge in [0.05, 0.1) is 35.0 Å². The van der Waals surface area contributed by atoms with Gasteiger partial charge < -0.3 is 0 Å². The Balaban J connectivity index is 1.27. The van der Waals surface area contributed by atoms with Gasteiger partial charge >= 0.3 is 0 Å². The van der Waals surface area contributed by atoms with E-state index in [0.717, 1.165) is 11.1 Å². The Bertz CT molecular complexity index is 1290. The molecular formula is C28H24N2O4. The summed E-state index contributed by atoms with van der Waals surface area (Å²) in [5.41, 5.74) is 3.03. The third-order valence-corrected chi connectivity index (χ3v) is 9.06. The van der Waals surface area contributed by atoms with Crippen molar-refractivity contribution >= 4 is 35.0 Å². The van der Waals surface area contributed by atoms with Crippen molar-refractivity contribution in [3.05, 3.63) is 71.8 Å². The average molecular weight is 453 g/mol. The molecule has 4 aliphatic carbocycles. The van der Waals surface area contributed by atoms with Crippen LogP contribution in [0.4, 0.5) is 11.4 Å². The summed E-state index contributed by atoms with van der Waals surface area (Å²) in [6.45, 7) is 3.80. The molecule has 6 aliphatic rings. The van der Waals surface area contributed by atoms with Gasteiger partial charge in [-0.3, -0.25) is 19.2 Å². The lowest BCUT2D eigenvalue weighted by Crippen LogP contribution is -2.63. The zero-order valence-corrected chi connectivity index (χ0v) is 18.9. The number of nitrogens with zero attached hydrogens (tertiary/aromatic N) is 2. The Labute approximate surface area is 197 Å². The van der Waals surface area contributed by atoms with Gasteiger partial charge in [0.25, 0.3) is 0 Å². The fourth-order valence-corrected chi connectivity index (χ4v) is 7.70. The van der Waals surface area contributed by atoms with Crippen LogP contribution in [0.3, 0.4) is 0 Å². The molecule has 2 saturated carbocycles. The summed E-state index contributed by atoms with van der Waals surface area (Å²) in [7, 11) is 0. The van der Waals surface area contributed by atoms with Gasteiger partial charge in [-0.1, -0.05) is 48.6 Å². The summed E-state index contributed by atoms with van der Waals surface area (Å²) in [5, 5.41) is 0. The molecule has 0 radical (unpaired) electrons. The molecule has 2 saturated heterocycles. The second-order valence-electron chi connectivity index (χ2n) is 10.4. The Morgan fingerprint density at radius 3 is 1.26 bits per heavy atom. The van der Waals surface area contributed by atoms with Crippen LogP contribution >= 0.6 is 0 Å². The van der Waals surface area contributed by atoms with Gasteiger partial charge in [-0.2, -0.15) is 0 Å². The maximum Gasteiger partial charge on any atom is 0.238 e. The second kappa shape index (κ2) is 6.53. The smallest absolute Gasteiger partial charge is 0.238 e. The van der Waals surface area contributed by atoms with Crippen LogP contribution in [0.2, 0.25) is 0 Å². The van der Waals surface area contributed by atoms with E-state index in [1.54, 1.807) is 0 Å². The summed E-state index contributed by atoms with van der Waals surface area (Å²) in [6, 6.07) is 14.9. The number of rotatable bonds is 2. The zero-order valence-electron chi connectivity index (χ0n) is 18.9. The molecule has 2 aromatic rings. The maximum atomic E-state index is 13.6. The monoisotopic (exact) mass is 452 g/mol. The van der Waals surface area contributed by atoms with Gasteiger partial charge in [0.15, 0.2) is 0 Å². The number of para-hydroxylation sites is 2. The molecule has 2 aliphatic heterocycles. The molecule has 0 spiro atoms. The molecule has 8 rings (SSSR count). The van der Waals surface area contributed by atoms with Crippen LogP contribution in [-0.2, 0) is 19.2 Å². The fourth-order valence-electron chi connectivity index (χ4n) is 7.70. The van der Waals surface area contributed by atoms with Crippen LogP contribution in [0.15, 0.2) is 60.7 Å². The first kappa shape index (κ1) is 19.9. The van der Waals surface area contributed by atoms with Gasteiger partial charge in [-0.25, -0.2) is 9.80 Å². The Hall–Kier alpha value is -3.54. The number of hydrogen-bond donors (Lipinski definition) is 0. The zero-order chi connectivity index (χ0) is 23.5.